The number of amides is 1. The van der Waals surface area contributed by atoms with Gasteiger partial charge in [0, 0.05) is 31.0 Å². The fraction of sp³-hybridized carbons (Fsp3) is 0.318. The quantitative estimate of drug-likeness (QED) is 0.359. The van der Waals surface area contributed by atoms with Crippen molar-refractivity contribution >= 4 is 46.3 Å². The van der Waals surface area contributed by atoms with Crippen molar-refractivity contribution < 1.29 is 23.8 Å². The molecular formula is C22H21NO5S2. The molecule has 0 aliphatic carbocycles. The Morgan fingerprint density at radius 2 is 2.10 bits per heavy atom. The van der Waals surface area contributed by atoms with Crippen LogP contribution in [0, 0.1) is 0 Å². The minimum atomic E-state index is -0.797. The van der Waals surface area contributed by atoms with Gasteiger partial charge in [0.2, 0.25) is 0 Å². The van der Waals surface area contributed by atoms with E-state index in [1.165, 1.54) is 17.3 Å². The number of ether oxygens (including phenoxy) is 1. The summed E-state index contributed by atoms with van der Waals surface area (Å²) in [7, 11) is 0. The van der Waals surface area contributed by atoms with Crippen molar-refractivity contribution in [3.63, 3.8) is 0 Å². The number of thioether (sulfide) groups is 1. The van der Waals surface area contributed by atoms with Crippen molar-refractivity contribution in [3.8, 4) is 17.1 Å². The Balaban J connectivity index is 1.40. The van der Waals surface area contributed by atoms with E-state index in [2.05, 4.69) is 6.07 Å². The van der Waals surface area contributed by atoms with E-state index in [1.54, 1.807) is 11.0 Å². The number of carbonyl (C=O) groups is 2. The number of rotatable bonds is 8. The third-order valence-electron chi connectivity index (χ3n) is 5.02. The second-order valence-corrected chi connectivity index (χ2v) is 8.84. The first-order chi connectivity index (χ1) is 14.5. The molecule has 156 valence electrons. The lowest BCUT2D eigenvalue weighted by Crippen LogP contribution is -2.29. The summed E-state index contributed by atoms with van der Waals surface area (Å²) in [5, 5.41) is 8.69. The first kappa shape index (κ1) is 20.7. The maximum atomic E-state index is 12.7. The van der Waals surface area contributed by atoms with Crippen molar-refractivity contribution in [1.82, 2.24) is 4.90 Å². The van der Waals surface area contributed by atoms with Gasteiger partial charge in [0.25, 0.3) is 5.91 Å². The second-order valence-electron chi connectivity index (χ2n) is 7.16. The molecule has 1 amide bonds. The molecule has 2 aliphatic rings. The van der Waals surface area contributed by atoms with E-state index in [0.717, 1.165) is 36.3 Å². The van der Waals surface area contributed by atoms with Gasteiger partial charge in [-0.05, 0) is 48.7 Å². The SMILES string of the molecule is O=C(O)CCCCCN1C(=O)C(=Cc2ccc(-c3ccc4c(c3)CCO4)o2)SC1=S. The zero-order valence-electron chi connectivity index (χ0n) is 16.3. The van der Waals surface area contributed by atoms with Crippen LogP contribution in [0.15, 0.2) is 39.7 Å². The number of nitrogens with zero attached hydrogens (tertiary/aromatic N) is 1. The molecule has 1 fully saturated rings. The maximum Gasteiger partial charge on any atom is 0.303 e. The Kier molecular flexibility index (Phi) is 6.24. The zero-order valence-corrected chi connectivity index (χ0v) is 17.9. The second kappa shape index (κ2) is 9.06. The number of hydrogen-bond acceptors (Lipinski definition) is 6. The van der Waals surface area contributed by atoms with E-state index < -0.39 is 5.97 Å². The fourth-order valence-corrected chi connectivity index (χ4v) is 4.76. The summed E-state index contributed by atoms with van der Waals surface area (Å²) in [4.78, 5) is 25.4. The molecule has 0 bridgehead atoms. The number of thiocarbonyl (C=S) groups is 1. The van der Waals surface area contributed by atoms with Crippen molar-refractivity contribution in [1.29, 1.82) is 0 Å². The highest BCUT2D eigenvalue weighted by Gasteiger charge is 2.31. The minimum Gasteiger partial charge on any atom is -0.493 e. The number of unbranched alkanes of at least 4 members (excludes halogenated alkanes) is 2. The van der Waals surface area contributed by atoms with Gasteiger partial charge in [-0.1, -0.05) is 30.4 Å². The van der Waals surface area contributed by atoms with Gasteiger partial charge in [-0.2, -0.15) is 0 Å². The van der Waals surface area contributed by atoms with Crippen LogP contribution in [0.1, 0.15) is 37.0 Å². The molecule has 1 N–H and O–H groups in total. The fourth-order valence-electron chi connectivity index (χ4n) is 3.47. The van der Waals surface area contributed by atoms with Crippen LogP contribution >= 0.6 is 24.0 Å². The predicted molar refractivity (Wildman–Crippen MR) is 119 cm³/mol. The smallest absolute Gasteiger partial charge is 0.303 e. The maximum absolute atomic E-state index is 12.7. The zero-order chi connectivity index (χ0) is 21.1. The Bertz CT molecular complexity index is 1030. The van der Waals surface area contributed by atoms with Crippen LogP contribution in [0.4, 0.5) is 0 Å². The number of benzene rings is 1. The number of carboxylic acid groups (broad SMARTS) is 1. The van der Waals surface area contributed by atoms with Crippen molar-refractivity contribution in [2.24, 2.45) is 0 Å². The Morgan fingerprint density at radius 1 is 1.23 bits per heavy atom. The Labute approximate surface area is 183 Å². The summed E-state index contributed by atoms with van der Waals surface area (Å²) >= 11 is 6.61. The van der Waals surface area contributed by atoms with Crippen LogP contribution in [-0.4, -0.2) is 39.4 Å². The number of aliphatic carboxylic acids is 1. The molecule has 2 aliphatic heterocycles. The van der Waals surface area contributed by atoms with E-state index in [4.69, 9.17) is 26.5 Å². The van der Waals surface area contributed by atoms with Gasteiger partial charge >= 0.3 is 5.97 Å². The molecule has 3 heterocycles. The van der Waals surface area contributed by atoms with Crippen LogP contribution in [-0.2, 0) is 16.0 Å². The standard InChI is InChI=1S/C22H21NO5S2/c24-20(25)4-2-1-3-10-23-21(26)19(30-22(23)29)13-16-6-8-18(28-16)14-5-7-17-15(12-14)9-11-27-17/h5-8,12-13H,1-4,9-11H2,(H,24,25). The molecule has 30 heavy (non-hydrogen) atoms. The highest BCUT2D eigenvalue weighted by atomic mass is 32.2. The van der Waals surface area contributed by atoms with Gasteiger partial charge in [-0.25, -0.2) is 0 Å². The van der Waals surface area contributed by atoms with Gasteiger partial charge in [0.05, 0.1) is 11.5 Å². The third-order valence-corrected chi connectivity index (χ3v) is 6.40. The molecule has 2 aromatic rings. The highest BCUT2D eigenvalue weighted by Crippen LogP contribution is 2.35. The molecule has 0 saturated carbocycles. The van der Waals surface area contributed by atoms with Gasteiger partial charge in [0.1, 0.15) is 21.6 Å². The lowest BCUT2D eigenvalue weighted by molar-refractivity contribution is -0.137. The number of hydrogen-bond donors (Lipinski definition) is 1. The molecule has 0 unspecified atom stereocenters. The molecule has 4 rings (SSSR count). The number of carbonyl (C=O) groups excluding carboxylic acids is 1. The lowest BCUT2D eigenvalue weighted by Gasteiger charge is -2.13. The predicted octanol–water partition coefficient (Wildman–Crippen LogP) is 4.73. The molecule has 0 radical (unpaired) electrons. The highest BCUT2D eigenvalue weighted by molar-refractivity contribution is 8.26. The first-order valence-electron chi connectivity index (χ1n) is 9.84. The molecule has 6 nitrogen and oxygen atoms in total. The van der Waals surface area contributed by atoms with Crippen molar-refractivity contribution in [3.05, 3.63) is 46.6 Å². The van der Waals surface area contributed by atoms with E-state index in [1.807, 2.05) is 24.3 Å². The first-order valence-corrected chi connectivity index (χ1v) is 11.1. The van der Waals surface area contributed by atoms with E-state index in [-0.39, 0.29) is 12.3 Å². The molecule has 0 spiro atoms. The number of carboxylic acids is 1. The average molecular weight is 444 g/mol. The van der Waals surface area contributed by atoms with Gasteiger partial charge < -0.3 is 14.3 Å². The van der Waals surface area contributed by atoms with E-state index in [9.17, 15) is 9.59 Å². The molecule has 1 aromatic carbocycles. The topological polar surface area (TPSA) is 80.0 Å². The molecule has 1 saturated heterocycles. The van der Waals surface area contributed by atoms with Gasteiger partial charge in [-0.15, -0.1) is 0 Å². The third kappa shape index (κ3) is 4.60. The largest absolute Gasteiger partial charge is 0.493 e. The number of furan rings is 1. The van der Waals surface area contributed by atoms with Crippen molar-refractivity contribution in [2.45, 2.75) is 32.1 Å². The summed E-state index contributed by atoms with van der Waals surface area (Å²) in [6, 6.07) is 9.75. The Hall–Kier alpha value is -2.58. The normalized spacial score (nSPS) is 16.9. The summed E-state index contributed by atoms with van der Waals surface area (Å²) in [6.45, 7) is 1.21. The molecule has 0 atom stereocenters. The minimum absolute atomic E-state index is 0.129. The monoisotopic (exact) mass is 443 g/mol. The summed E-state index contributed by atoms with van der Waals surface area (Å²) < 4.78 is 12.0. The van der Waals surface area contributed by atoms with Crippen LogP contribution in [0.25, 0.3) is 17.4 Å². The van der Waals surface area contributed by atoms with Gasteiger partial charge in [-0.3, -0.25) is 14.5 Å². The number of fused-ring (bicyclic) bond motifs is 1. The Morgan fingerprint density at radius 3 is 2.93 bits per heavy atom. The van der Waals surface area contributed by atoms with Crippen LogP contribution in [0.3, 0.4) is 0 Å². The lowest BCUT2D eigenvalue weighted by atomic mass is 10.1. The summed E-state index contributed by atoms with van der Waals surface area (Å²) in [6.07, 6.45) is 4.84. The molecule has 1 aromatic heterocycles. The summed E-state index contributed by atoms with van der Waals surface area (Å²) in [5.41, 5.74) is 2.16. The summed E-state index contributed by atoms with van der Waals surface area (Å²) in [5.74, 6) is 1.34. The van der Waals surface area contributed by atoms with Crippen LogP contribution in [0.2, 0.25) is 0 Å². The van der Waals surface area contributed by atoms with Crippen LogP contribution in [0.5, 0.6) is 5.75 Å². The van der Waals surface area contributed by atoms with Crippen LogP contribution < -0.4 is 4.74 Å². The van der Waals surface area contributed by atoms with E-state index >= 15 is 0 Å². The van der Waals surface area contributed by atoms with E-state index in [0.29, 0.717) is 34.6 Å². The molecular weight excluding hydrogens is 422 g/mol. The average Bonchev–Trinajstić information content (AvgIpc) is 3.43. The van der Waals surface area contributed by atoms with Crippen molar-refractivity contribution in [2.75, 3.05) is 13.2 Å². The van der Waals surface area contributed by atoms with Gasteiger partial charge in [0.15, 0.2) is 0 Å². The molecule has 8 heteroatoms.